The van der Waals surface area contributed by atoms with Crippen LogP contribution in [0.2, 0.25) is 0 Å². The van der Waals surface area contributed by atoms with Gasteiger partial charge in [-0.2, -0.15) is 0 Å². The minimum Gasteiger partial charge on any atom is -0.459 e. The van der Waals surface area contributed by atoms with Crippen LogP contribution in [0.4, 0.5) is 5.13 Å². The first-order valence-corrected chi connectivity index (χ1v) is 8.59. The number of furan rings is 1. The number of nitrogens with one attached hydrogen (secondary N) is 1. The number of amides is 1. The zero-order chi connectivity index (χ0) is 17.1. The van der Waals surface area contributed by atoms with Crippen LogP contribution in [-0.2, 0) is 0 Å². The van der Waals surface area contributed by atoms with Gasteiger partial charge < -0.3 is 4.42 Å². The van der Waals surface area contributed by atoms with Gasteiger partial charge in [0, 0.05) is 5.56 Å². The molecule has 0 saturated heterocycles. The van der Waals surface area contributed by atoms with Crippen molar-refractivity contribution in [2.45, 2.75) is 0 Å². The number of halogens is 1. The Morgan fingerprint density at radius 3 is 2.15 bits per heavy atom. The van der Waals surface area contributed by atoms with E-state index in [-0.39, 0.29) is 24.1 Å². The number of anilines is 1. The lowest BCUT2D eigenvalue weighted by Crippen LogP contribution is -2.10. The number of rotatable bonds is 4. The monoisotopic (exact) mass is 382 g/mol. The second kappa shape index (κ2) is 7.99. The van der Waals surface area contributed by atoms with Crippen molar-refractivity contribution in [1.29, 1.82) is 0 Å². The smallest absolute Gasteiger partial charge is 0.293 e. The van der Waals surface area contributed by atoms with Gasteiger partial charge in [-0.05, 0) is 17.7 Å². The summed E-state index contributed by atoms with van der Waals surface area (Å²) in [7, 11) is 0. The molecule has 6 heteroatoms. The van der Waals surface area contributed by atoms with Crippen LogP contribution in [0.5, 0.6) is 0 Å². The van der Waals surface area contributed by atoms with Gasteiger partial charge in [-0.1, -0.05) is 72.0 Å². The van der Waals surface area contributed by atoms with Gasteiger partial charge in [0.2, 0.25) is 0 Å². The third-order valence-electron chi connectivity index (χ3n) is 3.68. The number of nitrogens with zero attached hydrogens (tertiary/aromatic N) is 1. The molecule has 0 fully saturated rings. The third-order valence-corrected chi connectivity index (χ3v) is 4.70. The number of aromatic nitrogens is 1. The van der Waals surface area contributed by atoms with Gasteiger partial charge in [-0.3, -0.25) is 10.1 Å². The van der Waals surface area contributed by atoms with Crippen molar-refractivity contribution in [1.82, 2.24) is 4.98 Å². The standard InChI is InChI=1S/C20H14N2O2S.ClH/c23-19(16-12-7-13-24-16)22-20-21-17(14-8-3-1-4-9-14)18(25-20)15-10-5-2-6-11-15;/h1-13H,(H,21,22,23);1H. The van der Waals surface area contributed by atoms with Crippen LogP contribution in [-0.4, -0.2) is 10.9 Å². The molecule has 4 rings (SSSR count). The first-order chi connectivity index (χ1) is 12.3. The lowest BCUT2D eigenvalue weighted by atomic mass is 10.1. The molecule has 0 radical (unpaired) electrons. The predicted molar refractivity (Wildman–Crippen MR) is 107 cm³/mol. The Hall–Kier alpha value is -2.89. The number of hydrogen-bond acceptors (Lipinski definition) is 4. The molecule has 130 valence electrons. The third kappa shape index (κ3) is 3.69. The normalized spacial score (nSPS) is 10.2. The maximum atomic E-state index is 12.2. The van der Waals surface area contributed by atoms with Crippen molar-refractivity contribution in [3.05, 3.63) is 84.8 Å². The lowest BCUT2D eigenvalue weighted by molar-refractivity contribution is 0.0996. The highest BCUT2D eigenvalue weighted by atomic mass is 35.5. The number of thiazole rings is 1. The van der Waals surface area contributed by atoms with E-state index in [9.17, 15) is 4.79 Å². The maximum absolute atomic E-state index is 12.2. The average molecular weight is 383 g/mol. The summed E-state index contributed by atoms with van der Waals surface area (Å²) in [6, 6.07) is 23.3. The highest BCUT2D eigenvalue weighted by Gasteiger charge is 2.17. The molecule has 0 atom stereocenters. The van der Waals surface area contributed by atoms with Gasteiger partial charge in [-0.15, -0.1) is 12.4 Å². The van der Waals surface area contributed by atoms with Gasteiger partial charge in [0.05, 0.1) is 16.8 Å². The van der Waals surface area contributed by atoms with Gasteiger partial charge in [0.15, 0.2) is 10.9 Å². The van der Waals surface area contributed by atoms with E-state index in [4.69, 9.17) is 4.42 Å². The number of hydrogen-bond donors (Lipinski definition) is 1. The van der Waals surface area contributed by atoms with Crippen molar-refractivity contribution in [3.63, 3.8) is 0 Å². The SMILES string of the molecule is Cl.O=C(Nc1nc(-c2ccccc2)c(-c2ccccc2)s1)c1ccco1. The molecule has 26 heavy (non-hydrogen) atoms. The molecule has 2 heterocycles. The molecule has 4 nitrogen and oxygen atoms in total. The minimum absolute atomic E-state index is 0. The van der Waals surface area contributed by atoms with Crippen LogP contribution in [0.25, 0.3) is 21.7 Å². The van der Waals surface area contributed by atoms with Crippen molar-refractivity contribution >= 4 is 34.8 Å². The quantitative estimate of drug-likeness (QED) is 0.489. The van der Waals surface area contributed by atoms with Crippen molar-refractivity contribution < 1.29 is 9.21 Å². The highest BCUT2D eigenvalue weighted by molar-refractivity contribution is 7.19. The molecule has 0 bridgehead atoms. The Morgan fingerprint density at radius 1 is 0.885 bits per heavy atom. The molecule has 0 aliphatic rings. The summed E-state index contributed by atoms with van der Waals surface area (Å²) in [6.45, 7) is 0. The van der Waals surface area contributed by atoms with Gasteiger partial charge in [0.25, 0.3) is 5.91 Å². The second-order valence-electron chi connectivity index (χ2n) is 5.36. The Balaban J connectivity index is 0.00000196. The summed E-state index contributed by atoms with van der Waals surface area (Å²) in [5.74, 6) is -0.0457. The maximum Gasteiger partial charge on any atom is 0.293 e. The van der Waals surface area contributed by atoms with Gasteiger partial charge in [0.1, 0.15) is 0 Å². The molecule has 2 aromatic carbocycles. The molecule has 1 N–H and O–H groups in total. The van der Waals surface area contributed by atoms with E-state index >= 15 is 0 Å². The molecule has 0 spiro atoms. The summed E-state index contributed by atoms with van der Waals surface area (Å²) in [4.78, 5) is 17.9. The Morgan fingerprint density at radius 2 is 1.54 bits per heavy atom. The van der Waals surface area contributed by atoms with E-state index in [1.54, 1.807) is 12.1 Å². The van der Waals surface area contributed by atoms with E-state index in [0.717, 1.165) is 21.7 Å². The molecule has 0 aliphatic carbocycles. The minimum atomic E-state index is -0.307. The lowest BCUT2D eigenvalue weighted by Gasteiger charge is -2.02. The van der Waals surface area contributed by atoms with E-state index in [1.165, 1.54) is 17.6 Å². The number of benzene rings is 2. The van der Waals surface area contributed by atoms with Crippen molar-refractivity contribution in [2.24, 2.45) is 0 Å². The molecule has 0 aliphatic heterocycles. The summed E-state index contributed by atoms with van der Waals surface area (Å²) >= 11 is 1.45. The first-order valence-electron chi connectivity index (χ1n) is 7.78. The molecule has 1 amide bonds. The Labute approximate surface area is 160 Å². The van der Waals surface area contributed by atoms with Gasteiger partial charge >= 0.3 is 0 Å². The molecule has 4 aromatic rings. The van der Waals surface area contributed by atoms with E-state index in [2.05, 4.69) is 10.3 Å². The molecule has 0 saturated carbocycles. The first kappa shape index (κ1) is 17.9. The molecule has 2 aromatic heterocycles. The van der Waals surface area contributed by atoms with Crippen LogP contribution in [0.1, 0.15) is 10.6 Å². The van der Waals surface area contributed by atoms with E-state index in [0.29, 0.717) is 5.13 Å². The number of carbonyl (C=O) groups excluding carboxylic acids is 1. The number of carbonyl (C=O) groups is 1. The van der Waals surface area contributed by atoms with Crippen LogP contribution in [0.15, 0.2) is 83.5 Å². The summed E-state index contributed by atoms with van der Waals surface area (Å²) in [5.41, 5.74) is 2.93. The largest absolute Gasteiger partial charge is 0.459 e. The average Bonchev–Trinajstić information content (AvgIpc) is 3.33. The zero-order valence-electron chi connectivity index (χ0n) is 13.6. The van der Waals surface area contributed by atoms with Crippen molar-refractivity contribution in [3.8, 4) is 21.7 Å². The molecular weight excluding hydrogens is 368 g/mol. The predicted octanol–water partition coefficient (Wildman–Crippen LogP) is 5.74. The molecular formula is C20H15ClN2O2S. The van der Waals surface area contributed by atoms with Crippen molar-refractivity contribution in [2.75, 3.05) is 5.32 Å². The fraction of sp³-hybridized carbons (Fsp3) is 0. The van der Waals surface area contributed by atoms with Crippen LogP contribution in [0.3, 0.4) is 0 Å². The van der Waals surface area contributed by atoms with Gasteiger partial charge in [-0.25, -0.2) is 4.98 Å². The van der Waals surface area contributed by atoms with Crippen LogP contribution < -0.4 is 5.32 Å². The topological polar surface area (TPSA) is 55.1 Å². The Kier molecular flexibility index (Phi) is 5.51. The van der Waals surface area contributed by atoms with Crippen LogP contribution >= 0.6 is 23.7 Å². The highest BCUT2D eigenvalue weighted by Crippen LogP contribution is 2.38. The fourth-order valence-electron chi connectivity index (χ4n) is 2.52. The second-order valence-corrected chi connectivity index (χ2v) is 6.36. The van der Waals surface area contributed by atoms with Crippen LogP contribution in [0, 0.1) is 0 Å². The zero-order valence-corrected chi connectivity index (χ0v) is 15.2. The summed E-state index contributed by atoms with van der Waals surface area (Å²) < 4.78 is 5.14. The summed E-state index contributed by atoms with van der Waals surface area (Å²) in [5, 5.41) is 3.36. The van der Waals surface area contributed by atoms with E-state index in [1.807, 2.05) is 60.7 Å². The Bertz CT molecular complexity index is 926. The fourth-order valence-corrected chi connectivity index (χ4v) is 3.51. The van der Waals surface area contributed by atoms with E-state index < -0.39 is 0 Å². The summed E-state index contributed by atoms with van der Waals surface area (Å²) in [6.07, 6.45) is 1.47. The molecule has 0 unspecified atom stereocenters.